The molecule has 5 rings (SSSR count). The van der Waals surface area contributed by atoms with E-state index in [0.29, 0.717) is 41.3 Å². The average molecular weight is 499 g/mol. The maximum atomic E-state index is 14.0. The minimum atomic E-state index is -0.672. The summed E-state index contributed by atoms with van der Waals surface area (Å²) in [6.45, 7) is 16.3. The van der Waals surface area contributed by atoms with Crippen molar-refractivity contribution in [3.05, 3.63) is 11.6 Å². The number of rotatable bonds is 4. The van der Waals surface area contributed by atoms with Crippen LogP contribution < -0.4 is 0 Å². The van der Waals surface area contributed by atoms with E-state index in [4.69, 9.17) is 0 Å². The van der Waals surface area contributed by atoms with Gasteiger partial charge in [-0.3, -0.25) is 4.79 Å². The fraction of sp³-hybridized carbons (Fsp3) is 0.909. The van der Waals surface area contributed by atoms with Crippen LogP contribution in [0.1, 0.15) is 132 Å². The number of aliphatic hydroxyl groups is 2. The Hall–Kier alpha value is -0.670. The molecule has 5 aliphatic rings. The van der Waals surface area contributed by atoms with E-state index in [0.717, 1.165) is 57.8 Å². The summed E-state index contributed by atoms with van der Waals surface area (Å²) in [7, 11) is 0. The molecular formula is C33H54O3. The molecule has 0 aromatic carbocycles. The molecule has 2 N–H and O–H groups in total. The van der Waals surface area contributed by atoms with Gasteiger partial charge in [0.05, 0.1) is 11.2 Å². The van der Waals surface area contributed by atoms with Crippen molar-refractivity contribution in [3.63, 3.8) is 0 Å². The molecule has 5 aliphatic carbocycles. The molecule has 0 bridgehead atoms. The predicted molar refractivity (Wildman–Crippen MR) is 146 cm³/mol. The van der Waals surface area contributed by atoms with Gasteiger partial charge in [0.25, 0.3) is 0 Å². The van der Waals surface area contributed by atoms with E-state index in [1.807, 2.05) is 13.0 Å². The van der Waals surface area contributed by atoms with Crippen LogP contribution >= 0.6 is 0 Å². The SMILES string of the molecule is C[C@H](CCC1(O)CCC(C)(C)CC1)[C@H]1CC[C@@H]2[C@]1(C)CC[C@H]1[C@@]2(C)C(=O)C=C2C[C@@](C)(O)CC[C@@]21C. The summed E-state index contributed by atoms with van der Waals surface area (Å²) in [4.78, 5) is 14.0. The molecule has 0 unspecified atom stereocenters. The minimum absolute atomic E-state index is 0.0496. The van der Waals surface area contributed by atoms with Crippen molar-refractivity contribution in [3.8, 4) is 0 Å². The standard InChI is InChI=1S/C33H54O3/c1-22(10-13-33(36)18-14-28(2,3)15-19-33)24-8-9-25-31(24,6)12-11-26-30(5)17-16-29(4,35)21-23(30)20-27(34)32(25,26)7/h20,22,24-26,35-36H,8-19,21H2,1-7H3/t22-,24-,25-,26-,29+,30+,31-,32+/m1/s1. The second kappa shape index (κ2) is 8.41. The van der Waals surface area contributed by atoms with Gasteiger partial charge in [0.15, 0.2) is 5.78 Å². The first-order chi connectivity index (χ1) is 16.5. The normalized spacial score (nSPS) is 48.4. The molecule has 0 heterocycles. The Labute approximate surface area is 220 Å². The zero-order valence-corrected chi connectivity index (χ0v) is 24.4. The third kappa shape index (κ3) is 4.09. The monoisotopic (exact) mass is 498 g/mol. The van der Waals surface area contributed by atoms with Crippen molar-refractivity contribution in [1.82, 2.24) is 0 Å². The molecule has 3 heteroatoms. The quantitative estimate of drug-likeness (QED) is 0.419. The van der Waals surface area contributed by atoms with Gasteiger partial charge in [0.1, 0.15) is 0 Å². The van der Waals surface area contributed by atoms with Crippen LogP contribution in [0.5, 0.6) is 0 Å². The zero-order chi connectivity index (χ0) is 26.4. The van der Waals surface area contributed by atoms with Gasteiger partial charge in [-0.2, -0.15) is 0 Å². The molecule has 0 aliphatic heterocycles. The van der Waals surface area contributed by atoms with Gasteiger partial charge in [0, 0.05) is 5.41 Å². The first-order valence-corrected chi connectivity index (χ1v) is 15.3. The minimum Gasteiger partial charge on any atom is -0.390 e. The van der Waals surface area contributed by atoms with Crippen LogP contribution in [0.15, 0.2) is 11.6 Å². The van der Waals surface area contributed by atoms with E-state index in [1.54, 1.807) is 0 Å². The van der Waals surface area contributed by atoms with Gasteiger partial charge < -0.3 is 10.2 Å². The van der Waals surface area contributed by atoms with Gasteiger partial charge in [-0.15, -0.1) is 0 Å². The summed E-state index contributed by atoms with van der Waals surface area (Å²) in [5, 5.41) is 22.1. The molecule has 36 heavy (non-hydrogen) atoms. The highest BCUT2D eigenvalue weighted by Gasteiger charge is 2.67. The summed E-state index contributed by atoms with van der Waals surface area (Å²) in [6.07, 6.45) is 15.4. The maximum Gasteiger partial charge on any atom is 0.162 e. The highest BCUT2D eigenvalue weighted by molar-refractivity contribution is 5.97. The number of hydrogen-bond acceptors (Lipinski definition) is 3. The molecule has 4 saturated carbocycles. The smallest absolute Gasteiger partial charge is 0.162 e. The Morgan fingerprint density at radius 1 is 0.861 bits per heavy atom. The van der Waals surface area contributed by atoms with E-state index in [9.17, 15) is 15.0 Å². The molecular weight excluding hydrogens is 444 g/mol. The molecule has 0 saturated heterocycles. The van der Waals surface area contributed by atoms with Gasteiger partial charge in [0.2, 0.25) is 0 Å². The lowest BCUT2D eigenvalue weighted by Gasteiger charge is -2.63. The number of carbonyl (C=O) groups excluding carboxylic acids is 1. The van der Waals surface area contributed by atoms with Crippen LogP contribution in [-0.4, -0.2) is 27.2 Å². The van der Waals surface area contributed by atoms with Crippen LogP contribution in [-0.2, 0) is 4.79 Å². The van der Waals surface area contributed by atoms with Crippen molar-refractivity contribution in [2.24, 2.45) is 45.3 Å². The number of allylic oxidation sites excluding steroid dienone is 1. The van der Waals surface area contributed by atoms with E-state index < -0.39 is 11.2 Å². The Bertz CT molecular complexity index is 919. The molecule has 4 fully saturated rings. The third-order valence-corrected chi connectivity index (χ3v) is 13.2. The number of carbonyl (C=O) groups is 1. The Balaban J connectivity index is 1.34. The van der Waals surface area contributed by atoms with E-state index >= 15 is 0 Å². The summed E-state index contributed by atoms with van der Waals surface area (Å²) in [6, 6.07) is 0. The highest BCUT2D eigenvalue weighted by atomic mass is 16.3. The number of fused-ring (bicyclic) bond motifs is 5. The van der Waals surface area contributed by atoms with Crippen molar-refractivity contribution in [2.75, 3.05) is 0 Å². The van der Waals surface area contributed by atoms with E-state index in [1.165, 1.54) is 24.8 Å². The van der Waals surface area contributed by atoms with Crippen molar-refractivity contribution < 1.29 is 15.0 Å². The number of ketones is 1. The maximum absolute atomic E-state index is 14.0. The molecule has 0 amide bonds. The van der Waals surface area contributed by atoms with Crippen LogP contribution in [0, 0.1) is 45.3 Å². The molecule has 0 spiro atoms. The summed E-state index contributed by atoms with van der Waals surface area (Å²) >= 11 is 0. The van der Waals surface area contributed by atoms with Gasteiger partial charge in [-0.1, -0.05) is 47.1 Å². The fourth-order valence-corrected chi connectivity index (χ4v) is 10.5. The van der Waals surface area contributed by atoms with E-state index in [2.05, 4.69) is 41.5 Å². The number of hydrogen-bond donors (Lipinski definition) is 2. The van der Waals surface area contributed by atoms with Crippen LogP contribution in [0.3, 0.4) is 0 Å². The Morgan fingerprint density at radius 2 is 1.53 bits per heavy atom. The van der Waals surface area contributed by atoms with Crippen LogP contribution in [0.25, 0.3) is 0 Å². The van der Waals surface area contributed by atoms with Crippen molar-refractivity contribution in [1.29, 1.82) is 0 Å². The van der Waals surface area contributed by atoms with Crippen molar-refractivity contribution >= 4 is 5.78 Å². The lowest BCUT2D eigenvalue weighted by Crippen LogP contribution is -2.60. The molecule has 0 aromatic rings. The van der Waals surface area contributed by atoms with Crippen LogP contribution in [0.2, 0.25) is 0 Å². The second-order valence-corrected chi connectivity index (χ2v) is 16.1. The summed E-state index contributed by atoms with van der Waals surface area (Å²) in [5.41, 5.74) is 0.437. The predicted octanol–water partition coefficient (Wildman–Crippen LogP) is 7.63. The lowest BCUT2D eigenvalue weighted by molar-refractivity contribution is -0.156. The van der Waals surface area contributed by atoms with Gasteiger partial charge in [-0.05, 0) is 136 Å². The average Bonchev–Trinajstić information content (AvgIpc) is 3.15. The molecule has 0 aromatic heterocycles. The summed E-state index contributed by atoms with van der Waals surface area (Å²) < 4.78 is 0. The molecule has 204 valence electrons. The topological polar surface area (TPSA) is 57.5 Å². The molecule has 8 atom stereocenters. The van der Waals surface area contributed by atoms with Gasteiger partial charge in [-0.25, -0.2) is 0 Å². The first kappa shape index (κ1) is 26.9. The lowest BCUT2D eigenvalue weighted by atomic mass is 9.40. The highest BCUT2D eigenvalue weighted by Crippen LogP contribution is 2.71. The first-order valence-electron chi connectivity index (χ1n) is 15.3. The van der Waals surface area contributed by atoms with E-state index in [-0.39, 0.29) is 16.2 Å². The van der Waals surface area contributed by atoms with Crippen molar-refractivity contribution in [2.45, 2.75) is 143 Å². The summed E-state index contributed by atoms with van der Waals surface area (Å²) in [5.74, 6) is 2.42. The zero-order valence-electron chi connectivity index (χ0n) is 24.4. The Kier molecular flexibility index (Phi) is 6.29. The Morgan fingerprint density at radius 3 is 2.19 bits per heavy atom. The molecule has 0 radical (unpaired) electrons. The van der Waals surface area contributed by atoms with Gasteiger partial charge >= 0.3 is 0 Å². The third-order valence-electron chi connectivity index (χ3n) is 13.2. The largest absolute Gasteiger partial charge is 0.390 e. The fourth-order valence-electron chi connectivity index (χ4n) is 10.5. The second-order valence-electron chi connectivity index (χ2n) is 16.1. The molecule has 3 nitrogen and oxygen atoms in total. The van der Waals surface area contributed by atoms with Crippen LogP contribution in [0.4, 0.5) is 0 Å².